The molecule has 100 valence electrons. The topological polar surface area (TPSA) is 47.8 Å². The van der Waals surface area contributed by atoms with Gasteiger partial charge in [0, 0.05) is 6.42 Å². The van der Waals surface area contributed by atoms with Gasteiger partial charge in [-0.15, -0.1) is 5.10 Å². The molecule has 0 spiro atoms. The predicted molar refractivity (Wildman–Crippen MR) is 70.1 cm³/mol. The van der Waals surface area contributed by atoms with Crippen LogP contribution in [-0.2, 0) is 6.42 Å². The summed E-state index contributed by atoms with van der Waals surface area (Å²) in [7, 11) is 0. The molecule has 0 saturated heterocycles. The van der Waals surface area contributed by atoms with Crippen LogP contribution in [0.4, 0.5) is 4.39 Å². The highest BCUT2D eigenvalue weighted by atomic mass is 19.1. The molecule has 0 aliphatic heterocycles. The number of ketones is 1. The van der Waals surface area contributed by atoms with E-state index in [0.29, 0.717) is 29.8 Å². The zero-order valence-corrected chi connectivity index (χ0v) is 11.3. The molecular weight excluding hydrogens is 245 g/mol. The normalized spacial score (nSPS) is 10.7. The third-order valence-corrected chi connectivity index (χ3v) is 3.08. The Bertz CT molecular complexity index is 619. The molecule has 4 nitrogen and oxygen atoms in total. The fourth-order valence-electron chi connectivity index (χ4n) is 1.92. The number of rotatable bonds is 4. The summed E-state index contributed by atoms with van der Waals surface area (Å²) in [6.07, 6.45) is 0.998. The molecular formula is C14H16FN3O. The molecule has 1 aromatic carbocycles. The molecule has 0 saturated carbocycles. The number of aryl methyl sites for hydroxylation is 1. The highest BCUT2D eigenvalue weighted by molar-refractivity contribution is 5.95. The second-order valence-electron chi connectivity index (χ2n) is 4.36. The maximum absolute atomic E-state index is 13.6. The molecule has 0 bridgehead atoms. The maximum Gasteiger partial charge on any atom is 0.184 e. The molecule has 0 radical (unpaired) electrons. The molecule has 0 N–H and O–H groups in total. The Balaban J connectivity index is 2.53. The van der Waals surface area contributed by atoms with Gasteiger partial charge in [-0.1, -0.05) is 25.1 Å². The van der Waals surface area contributed by atoms with Crippen LogP contribution in [0.15, 0.2) is 18.2 Å². The van der Waals surface area contributed by atoms with Crippen molar-refractivity contribution >= 4 is 5.78 Å². The van der Waals surface area contributed by atoms with Crippen molar-refractivity contribution in [1.82, 2.24) is 15.0 Å². The summed E-state index contributed by atoms with van der Waals surface area (Å²) in [5.74, 6) is -0.339. The molecule has 2 rings (SSSR count). The summed E-state index contributed by atoms with van der Waals surface area (Å²) in [6, 6.07) is 4.86. The zero-order chi connectivity index (χ0) is 14.0. The Morgan fingerprint density at radius 1 is 1.37 bits per heavy atom. The molecule has 19 heavy (non-hydrogen) atoms. The summed E-state index contributed by atoms with van der Waals surface area (Å²) in [4.78, 5) is 11.8. The van der Waals surface area contributed by atoms with E-state index in [0.717, 1.165) is 5.69 Å². The number of benzene rings is 1. The van der Waals surface area contributed by atoms with E-state index < -0.39 is 0 Å². The fraction of sp³-hybridized carbons (Fsp3) is 0.357. The highest BCUT2D eigenvalue weighted by Crippen LogP contribution is 2.17. The van der Waals surface area contributed by atoms with Gasteiger partial charge in [0.2, 0.25) is 0 Å². The Morgan fingerprint density at radius 2 is 2.11 bits per heavy atom. The Labute approximate surface area is 111 Å². The number of Topliss-reactive ketones (excluding diaryl/α,β-unsaturated/α-hetero) is 1. The lowest BCUT2D eigenvalue weighted by atomic mass is 10.1. The average molecular weight is 261 g/mol. The van der Waals surface area contributed by atoms with E-state index >= 15 is 0 Å². The van der Waals surface area contributed by atoms with Crippen LogP contribution in [0.3, 0.4) is 0 Å². The van der Waals surface area contributed by atoms with Crippen LogP contribution in [0, 0.1) is 12.7 Å². The van der Waals surface area contributed by atoms with Crippen LogP contribution < -0.4 is 0 Å². The van der Waals surface area contributed by atoms with Crippen molar-refractivity contribution < 1.29 is 9.18 Å². The van der Waals surface area contributed by atoms with Crippen LogP contribution in [0.1, 0.15) is 42.0 Å². The molecule has 1 heterocycles. The molecule has 0 aliphatic carbocycles. The van der Waals surface area contributed by atoms with Crippen LogP contribution in [-0.4, -0.2) is 20.8 Å². The molecule has 0 fully saturated rings. The Morgan fingerprint density at radius 3 is 2.68 bits per heavy atom. The Hall–Kier alpha value is -2.04. The van der Waals surface area contributed by atoms with Gasteiger partial charge in [-0.3, -0.25) is 4.79 Å². The summed E-state index contributed by atoms with van der Waals surface area (Å²) in [5.41, 5.74) is 2.26. The minimum Gasteiger partial charge on any atom is -0.292 e. The number of nitrogens with zero attached hydrogens (tertiary/aromatic N) is 3. The summed E-state index contributed by atoms with van der Waals surface area (Å²) < 4.78 is 15.1. The number of carbonyl (C=O) groups excluding carboxylic acids is 1. The van der Waals surface area contributed by atoms with Crippen molar-refractivity contribution in [2.45, 2.75) is 33.6 Å². The van der Waals surface area contributed by atoms with Gasteiger partial charge < -0.3 is 0 Å². The smallest absolute Gasteiger partial charge is 0.184 e. The SMILES string of the molecule is CCC(=O)c1nnn(-c2ccc(C)c(F)c2)c1CC. The molecule has 0 unspecified atom stereocenters. The molecule has 1 aromatic heterocycles. The largest absolute Gasteiger partial charge is 0.292 e. The second-order valence-corrected chi connectivity index (χ2v) is 4.36. The molecule has 0 amide bonds. The molecule has 2 aromatic rings. The number of halogens is 1. The van der Waals surface area contributed by atoms with Crippen molar-refractivity contribution in [3.8, 4) is 5.69 Å². The number of carbonyl (C=O) groups is 1. The van der Waals surface area contributed by atoms with Gasteiger partial charge in [0.1, 0.15) is 5.82 Å². The minimum absolute atomic E-state index is 0.0457. The van der Waals surface area contributed by atoms with Crippen molar-refractivity contribution in [3.63, 3.8) is 0 Å². The molecule has 0 atom stereocenters. The standard InChI is InChI=1S/C14H16FN3O/c1-4-12-14(13(19)5-2)16-17-18(12)10-7-6-9(3)11(15)8-10/h6-8H,4-5H2,1-3H3. The van der Waals surface area contributed by atoms with E-state index in [4.69, 9.17) is 0 Å². The first-order valence-electron chi connectivity index (χ1n) is 6.32. The van der Waals surface area contributed by atoms with Gasteiger partial charge >= 0.3 is 0 Å². The first-order chi connectivity index (χ1) is 9.08. The zero-order valence-electron chi connectivity index (χ0n) is 11.3. The van der Waals surface area contributed by atoms with E-state index in [9.17, 15) is 9.18 Å². The van der Waals surface area contributed by atoms with E-state index in [-0.39, 0.29) is 11.6 Å². The Kier molecular flexibility index (Phi) is 3.74. The van der Waals surface area contributed by atoms with Crippen molar-refractivity contribution in [1.29, 1.82) is 0 Å². The number of hydrogen-bond donors (Lipinski definition) is 0. The van der Waals surface area contributed by atoms with E-state index in [1.54, 1.807) is 26.0 Å². The average Bonchev–Trinajstić information content (AvgIpc) is 2.84. The van der Waals surface area contributed by atoms with E-state index in [1.807, 2.05) is 6.92 Å². The van der Waals surface area contributed by atoms with Crippen molar-refractivity contribution in [2.75, 3.05) is 0 Å². The van der Waals surface area contributed by atoms with Gasteiger partial charge in [0.05, 0.1) is 11.4 Å². The minimum atomic E-state index is -0.293. The lowest BCUT2D eigenvalue weighted by molar-refractivity contribution is 0.0982. The number of aromatic nitrogens is 3. The first kappa shape index (κ1) is 13.4. The van der Waals surface area contributed by atoms with Crippen LogP contribution in [0.5, 0.6) is 0 Å². The van der Waals surface area contributed by atoms with Gasteiger partial charge in [0.15, 0.2) is 11.5 Å². The van der Waals surface area contributed by atoms with Gasteiger partial charge in [-0.2, -0.15) is 0 Å². The summed E-state index contributed by atoms with van der Waals surface area (Å²) >= 11 is 0. The van der Waals surface area contributed by atoms with Crippen molar-refractivity contribution in [3.05, 3.63) is 41.0 Å². The first-order valence-corrected chi connectivity index (χ1v) is 6.32. The monoisotopic (exact) mass is 261 g/mol. The van der Waals surface area contributed by atoms with Gasteiger partial charge in [0.25, 0.3) is 0 Å². The maximum atomic E-state index is 13.6. The predicted octanol–water partition coefficient (Wildman–Crippen LogP) is 2.87. The fourth-order valence-corrected chi connectivity index (χ4v) is 1.92. The lowest BCUT2D eigenvalue weighted by Crippen LogP contribution is -2.06. The summed E-state index contributed by atoms with van der Waals surface area (Å²) in [5, 5.41) is 7.90. The van der Waals surface area contributed by atoms with Crippen LogP contribution >= 0.6 is 0 Å². The van der Waals surface area contributed by atoms with Gasteiger partial charge in [-0.25, -0.2) is 9.07 Å². The highest BCUT2D eigenvalue weighted by Gasteiger charge is 2.18. The molecule has 0 aliphatic rings. The van der Waals surface area contributed by atoms with Gasteiger partial charge in [-0.05, 0) is 31.0 Å². The van der Waals surface area contributed by atoms with Crippen LogP contribution in [0.2, 0.25) is 0 Å². The summed E-state index contributed by atoms with van der Waals surface area (Å²) in [6.45, 7) is 5.41. The number of hydrogen-bond acceptors (Lipinski definition) is 3. The van der Waals surface area contributed by atoms with Crippen LogP contribution in [0.25, 0.3) is 5.69 Å². The van der Waals surface area contributed by atoms with Crippen molar-refractivity contribution in [2.24, 2.45) is 0 Å². The second kappa shape index (κ2) is 5.30. The van der Waals surface area contributed by atoms with E-state index in [1.165, 1.54) is 10.7 Å². The third kappa shape index (κ3) is 2.41. The lowest BCUT2D eigenvalue weighted by Gasteiger charge is -2.06. The van der Waals surface area contributed by atoms with E-state index in [2.05, 4.69) is 10.3 Å². The quantitative estimate of drug-likeness (QED) is 0.795. The third-order valence-electron chi connectivity index (χ3n) is 3.08. The molecule has 5 heteroatoms.